The summed E-state index contributed by atoms with van der Waals surface area (Å²) >= 11 is 0. The topological polar surface area (TPSA) is 136 Å². The Bertz CT molecular complexity index is 439. The maximum absolute atomic E-state index is 10.7. The number of carboxylic acids is 2. The zero-order valence-corrected chi connectivity index (χ0v) is 7.81. The van der Waals surface area contributed by atoms with E-state index in [4.69, 9.17) is 10.2 Å². The van der Waals surface area contributed by atoms with Crippen LogP contribution in [0.3, 0.4) is 0 Å². The predicted molar refractivity (Wildman–Crippen MR) is 47.8 cm³/mol. The molecule has 0 fully saturated rings. The second kappa shape index (κ2) is 4.38. The summed E-state index contributed by atoms with van der Waals surface area (Å²) < 4.78 is 0.884. The Balaban J connectivity index is 2.97. The highest BCUT2D eigenvalue weighted by atomic mass is 16.6. The monoisotopic (exact) mass is 229 g/mol. The standard InChI is InChI=1S/C7H7N3O6/c11-6(12)1-4(7(13)14)9-2-5(8-3-9)10(15)16/h2-4H,1H2,(H,11,12)(H,13,14). The Morgan fingerprint density at radius 2 is 2.19 bits per heavy atom. The van der Waals surface area contributed by atoms with Crippen LogP contribution in [0.1, 0.15) is 12.5 Å². The number of carboxylic acid groups (broad SMARTS) is 2. The molecule has 1 heterocycles. The molecule has 86 valence electrons. The predicted octanol–water partition coefficient (Wildman–Crippen LogP) is -0.108. The van der Waals surface area contributed by atoms with Gasteiger partial charge in [0.1, 0.15) is 12.2 Å². The highest BCUT2D eigenvalue weighted by Gasteiger charge is 2.25. The van der Waals surface area contributed by atoms with Gasteiger partial charge in [0.15, 0.2) is 0 Å². The van der Waals surface area contributed by atoms with E-state index in [1.165, 1.54) is 0 Å². The Kier molecular flexibility index (Phi) is 3.18. The van der Waals surface area contributed by atoms with Crippen LogP contribution in [0.4, 0.5) is 5.82 Å². The van der Waals surface area contributed by atoms with Crippen LogP contribution in [0.2, 0.25) is 0 Å². The molecule has 0 bridgehead atoms. The molecule has 9 heteroatoms. The van der Waals surface area contributed by atoms with Crippen molar-refractivity contribution in [1.29, 1.82) is 0 Å². The Labute approximate surface area is 88.1 Å². The molecule has 1 atom stereocenters. The fraction of sp³-hybridized carbons (Fsp3) is 0.286. The quantitative estimate of drug-likeness (QED) is 0.531. The minimum Gasteiger partial charge on any atom is -0.481 e. The summed E-state index contributed by atoms with van der Waals surface area (Å²) in [6, 6.07) is -1.40. The summed E-state index contributed by atoms with van der Waals surface area (Å²) in [4.78, 5) is 34.0. The Hall–Kier alpha value is -2.45. The highest BCUT2D eigenvalue weighted by molar-refractivity contribution is 5.79. The number of carbonyl (C=O) groups is 2. The van der Waals surface area contributed by atoms with Crippen LogP contribution < -0.4 is 0 Å². The van der Waals surface area contributed by atoms with E-state index in [9.17, 15) is 19.7 Å². The van der Waals surface area contributed by atoms with Gasteiger partial charge in [-0.1, -0.05) is 0 Å². The smallest absolute Gasteiger partial charge is 0.381 e. The van der Waals surface area contributed by atoms with E-state index >= 15 is 0 Å². The van der Waals surface area contributed by atoms with Gasteiger partial charge < -0.3 is 20.3 Å². The van der Waals surface area contributed by atoms with Crippen LogP contribution in [0.15, 0.2) is 12.5 Å². The lowest BCUT2D eigenvalue weighted by Crippen LogP contribution is -2.21. The highest BCUT2D eigenvalue weighted by Crippen LogP contribution is 2.15. The molecule has 1 unspecified atom stereocenters. The van der Waals surface area contributed by atoms with Crippen molar-refractivity contribution in [3.8, 4) is 0 Å². The van der Waals surface area contributed by atoms with Crippen molar-refractivity contribution in [2.24, 2.45) is 0 Å². The first kappa shape index (κ1) is 11.6. The van der Waals surface area contributed by atoms with Crippen molar-refractivity contribution in [2.75, 3.05) is 0 Å². The third kappa shape index (κ3) is 2.53. The van der Waals surface area contributed by atoms with E-state index in [-0.39, 0.29) is 0 Å². The number of hydrogen-bond donors (Lipinski definition) is 2. The largest absolute Gasteiger partial charge is 0.481 e. The molecule has 1 rings (SSSR count). The molecule has 0 amide bonds. The first-order valence-electron chi connectivity index (χ1n) is 4.04. The summed E-state index contributed by atoms with van der Waals surface area (Å²) in [5, 5.41) is 27.5. The average molecular weight is 229 g/mol. The number of aromatic nitrogens is 2. The SMILES string of the molecule is O=C(O)CC(C(=O)O)n1cnc([N+](=O)[O-])c1. The molecule has 0 saturated carbocycles. The van der Waals surface area contributed by atoms with Crippen LogP contribution in [-0.4, -0.2) is 36.6 Å². The molecule has 0 aromatic carbocycles. The van der Waals surface area contributed by atoms with E-state index in [0.29, 0.717) is 0 Å². The fourth-order valence-corrected chi connectivity index (χ4v) is 1.08. The lowest BCUT2D eigenvalue weighted by atomic mass is 10.2. The number of nitrogens with zero attached hydrogens (tertiary/aromatic N) is 3. The molecule has 1 aromatic rings. The molecule has 0 spiro atoms. The minimum absolute atomic E-state index is 0.531. The van der Waals surface area contributed by atoms with Crippen molar-refractivity contribution in [1.82, 2.24) is 9.55 Å². The number of nitro groups is 1. The van der Waals surface area contributed by atoms with Crippen molar-refractivity contribution in [3.05, 3.63) is 22.6 Å². The molecule has 1 aromatic heterocycles. The fourth-order valence-electron chi connectivity index (χ4n) is 1.08. The molecule has 2 N–H and O–H groups in total. The molecule has 16 heavy (non-hydrogen) atoms. The van der Waals surface area contributed by atoms with Gasteiger partial charge in [-0.05, 0) is 9.91 Å². The summed E-state index contributed by atoms with van der Waals surface area (Å²) in [7, 11) is 0. The van der Waals surface area contributed by atoms with E-state index in [2.05, 4.69) is 4.98 Å². The van der Waals surface area contributed by atoms with E-state index in [1.807, 2.05) is 0 Å². The molecular formula is C7H7N3O6. The van der Waals surface area contributed by atoms with E-state index in [1.54, 1.807) is 0 Å². The molecule has 9 nitrogen and oxygen atoms in total. The molecule has 0 saturated heterocycles. The van der Waals surface area contributed by atoms with E-state index in [0.717, 1.165) is 17.1 Å². The zero-order chi connectivity index (χ0) is 12.3. The number of hydrogen-bond acceptors (Lipinski definition) is 5. The van der Waals surface area contributed by atoms with Gasteiger partial charge in [0.05, 0.1) is 6.42 Å². The summed E-state index contributed by atoms with van der Waals surface area (Å²) in [5.74, 6) is -3.24. The molecular weight excluding hydrogens is 222 g/mol. The molecule has 0 aliphatic heterocycles. The lowest BCUT2D eigenvalue weighted by Gasteiger charge is -2.08. The molecule has 0 aliphatic rings. The van der Waals surface area contributed by atoms with Crippen LogP contribution in [0.25, 0.3) is 0 Å². The number of rotatable bonds is 5. The minimum atomic E-state index is -1.40. The van der Waals surface area contributed by atoms with Gasteiger partial charge in [0, 0.05) is 0 Å². The summed E-state index contributed by atoms with van der Waals surface area (Å²) in [6.07, 6.45) is 1.12. The van der Waals surface area contributed by atoms with Gasteiger partial charge in [0.2, 0.25) is 6.33 Å². The van der Waals surface area contributed by atoms with Crippen molar-refractivity contribution in [2.45, 2.75) is 12.5 Å². The maximum Gasteiger partial charge on any atom is 0.381 e. The zero-order valence-electron chi connectivity index (χ0n) is 7.81. The van der Waals surface area contributed by atoms with Crippen molar-refractivity contribution < 1.29 is 24.7 Å². The second-order valence-electron chi connectivity index (χ2n) is 2.89. The first-order valence-corrected chi connectivity index (χ1v) is 4.04. The molecule has 0 radical (unpaired) electrons. The average Bonchev–Trinajstić information content (AvgIpc) is 2.61. The van der Waals surface area contributed by atoms with Gasteiger partial charge in [0.25, 0.3) is 0 Å². The maximum atomic E-state index is 10.7. The van der Waals surface area contributed by atoms with Crippen molar-refractivity contribution in [3.63, 3.8) is 0 Å². The van der Waals surface area contributed by atoms with Crippen LogP contribution in [0, 0.1) is 10.1 Å². The van der Waals surface area contributed by atoms with Crippen molar-refractivity contribution >= 4 is 17.8 Å². The van der Waals surface area contributed by atoms with Crippen LogP contribution >= 0.6 is 0 Å². The number of imidazole rings is 1. The summed E-state index contributed by atoms with van der Waals surface area (Å²) in [6.45, 7) is 0. The first-order chi connectivity index (χ1) is 7.41. The lowest BCUT2D eigenvalue weighted by molar-refractivity contribution is -0.389. The normalized spacial score (nSPS) is 12.0. The van der Waals surface area contributed by atoms with Gasteiger partial charge in [-0.25, -0.2) is 4.79 Å². The van der Waals surface area contributed by atoms with Gasteiger partial charge in [-0.2, -0.15) is 0 Å². The summed E-state index contributed by atoms with van der Waals surface area (Å²) in [5.41, 5.74) is 0. The Morgan fingerprint density at radius 3 is 2.56 bits per heavy atom. The van der Waals surface area contributed by atoms with Crippen LogP contribution in [-0.2, 0) is 9.59 Å². The number of aliphatic carboxylic acids is 2. The van der Waals surface area contributed by atoms with Gasteiger partial charge in [-0.15, -0.1) is 0 Å². The van der Waals surface area contributed by atoms with Crippen LogP contribution in [0.5, 0.6) is 0 Å². The third-order valence-electron chi connectivity index (χ3n) is 1.79. The molecule has 0 aliphatic carbocycles. The van der Waals surface area contributed by atoms with Gasteiger partial charge >= 0.3 is 17.8 Å². The van der Waals surface area contributed by atoms with Gasteiger partial charge in [-0.3, -0.25) is 9.36 Å². The Morgan fingerprint density at radius 1 is 1.56 bits per heavy atom. The third-order valence-corrected chi connectivity index (χ3v) is 1.79. The van der Waals surface area contributed by atoms with E-state index < -0.39 is 35.1 Å². The second-order valence-corrected chi connectivity index (χ2v) is 2.89.